The van der Waals surface area contributed by atoms with Crippen LogP contribution in [0.2, 0.25) is 0 Å². The molecule has 0 spiro atoms. The number of ether oxygens (including phenoxy) is 1. The molecule has 4 nitrogen and oxygen atoms in total. The molecule has 0 aliphatic carbocycles. The first-order valence-electron chi connectivity index (χ1n) is 6.30. The van der Waals surface area contributed by atoms with Crippen LogP contribution in [0.15, 0.2) is 51.9 Å². The molecule has 0 saturated carbocycles. The lowest BCUT2D eigenvalue weighted by Crippen LogP contribution is -2.10. The Balaban J connectivity index is 2.27. The third kappa shape index (κ3) is 4.43. The van der Waals surface area contributed by atoms with E-state index in [2.05, 4.69) is 20.9 Å². The van der Waals surface area contributed by atoms with Gasteiger partial charge in [-0.1, -0.05) is 34.1 Å². The summed E-state index contributed by atoms with van der Waals surface area (Å²) in [4.78, 5) is 15.0. The van der Waals surface area contributed by atoms with Crippen LogP contribution >= 0.6 is 15.9 Å². The highest BCUT2D eigenvalue weighted by atomic mass is 79.9. The zero-order valence-corrected chi connectivity index (χ0v) is 13.0. The fraction of sp³-hybridized carbons (Fsp3) is 0.125. The molecule has 108 valence electrons. The van der Waals surface area contributed by atoms with E-state index >= 15 is 0 Å². The second kappa shape index (κ2) is 7.04. The molecule has 0 aliphatic heterocycles. The minimum atomic E-state index is -1.01. The molecule has 0 radical (unpaired) electrons. The van der Waals surface area contributed by atoms with Gasteiger partial charge >= 0.3 is 5.97 Å². The van der Waals surface area contributed by atoms with Gasteiger partial charge < -0.3 is 9.84 Å². The van der Waals surface area contributed by atoms with Crippen molar-refractivity contribution in [1.29, 1.82) is 0 Å². The van der Waals surface area contributed by atoms with Gasteiger partial charge in [0, 0.05) is 16.3 Å². The van der Waals surface area contributed by atoms with Crippen molar-refractivity contribution in [3.05, 3.63) is 58.1 Å². The third-order valence-corrected chi connectivity index (χ3v) is 3.27. The van der Waals surface area contributed by atoms with Crippen molar-refractivity contribution in [3.63, 3.8) is 0 Å². The summed E-state index contributed by atoms with van der Waals surface area (Å²) in [5.41, 5.74) is 2.65. The van der Waals surface area contributed by atoms with Crippen LogP contribution in [0, 0.1) is 6.92 Å². The number of para-hydroxylation sites is 1. The zero-order valence-electron chi connectivity index (χ0n) is 11.4. The summed E-state index contributed by atoms with van der Waals surface area (Å²) in [5, 5.41) is 8.70. The normalized spacial score (nSPS) is 10.8. The fourth-order valence-electron chi connectivity index (χ4n) is 1.74. The molecule has 0 heterocycles. The van der Waals surface area contributed by atoms with Gasteiger partial charge in [0.1, 0.15) is 5.75 Å². The number of rotatable bonds is 5. The molecule has 0 aromatic heterocycles. The molecule has 5 heteroatoms. The summed E-state index contributed by atoms with van der Waals surface area (Å²) < 4.78 is 6.13. The lowest BCUT2D eigenvalue weighted by molar-refractivity contribution is -0.139. The summed E-state index contributed by atoms with van der Waals surface area (Å²) >= 11 is 3.38. The summed E-state index contributed by atoms with van der Waals surface area (Å²) in [6.07, 6.45) is 1.67. The van der Waals surface area contributed by atoms with Gasteiger partial charge in [0.05, 0.1) is 5.69 Å². The molecule has 21 heavy (non-hydrogen) atoms. The van der Waals surface area contributed by atoms with Crippen LogP contribution in [0.25, 0.3) is 0 Å². The predicted molar refractivity (Wildman–Crippen MR) is 85.7 cm³/mol. The standard InChI is InChI=1S/C16H14BrNO3/c1-11-4-2-3-5-14(11)18-9-12-8-13(17)6-7-15(12)21-10-16(19)20/h2-9H,10H2,1H3,(H,19,20). The first kappa shape index (κ1) is 15.3. The number of hydrogen-bond donors (Lipinski definition) is 1. The number of aryl methyl sites for hydroxylation is 1. The van der Waals surface area contributed by atoms with Gasteiger partial charge in [0.2, 0.25) is 0 Å². The van der Waals surface area contributed by atoms with Crippen molar-refractivity contribution < 1.29 is 14.6 Å². The molecule has 0 fully saturated rings. The quantitative estimate of drug-likeness (QED) is 0.832. The van der Waals surface area contributed by atoms with Crippen LogP contribution in [0.3, 0.4) is 0 Å². The minimum absolute atomic E-state index is 0.382. The van der Waals surface area contributed by atoms with Gasteiger partial charge in [0.15, 0.2) is 6.61 Å². The van der Waals surface area contributed by atoms with Crippen molar-refractivity contribution in [2.45, 2.75) is 6.92 Å². The maximum Gasteiger partial charge on any atom is 0.341 e. The van der Waals surface area contributed by atoms with E-state index in [9.17, 15) is 4.79 Å². The van der Waals surface area contributed by atoms with Gasteiger partial charge in [-0.05, 0) is 36.8 Å². The van der Waals surface area contributed by atoms with Crippen molar-refractivity contribution in [3.8, 4) is 5.75 Å². The topological polar surface area (TPSA) is 58.9 Å². The maximum absolute atomic E-state index is 10.6. The lowest BCUT2D eigenvalue weighted by atomic mass is 10.2. The number of benzene rings is 2. The van der Waals surface area contributed by atoms with Gasteiger partial charge in [-0.25, -0.2) is 4.79 Å². The van der Waals surface area contributed by atoms with Crippen LogP contribution in [-0.2, 0) is 4.79 Å². The number of carbonyl (C=O) groups is 1. The average Bonchev–Trinajstić information content (AvgIpc) is 2.45. The SMILES string of the molecule is Cc1ccccc1N=Cc1cc(Br)ccc1OCC(=O)O. The number of aliphatic imine (C=N–C) groups is 1. The van der Waals surface area contributed by atoms with E-state index in [4.69, 9.17) is 9.84 Å². The van der Waals surface area contributed by atoms with Gasteiger partial charge in [-0.3, -0.25) is 4.99 Å². The predicted octanol–water partition coefficient (Wildman–Crippen LogP) is 3.97. The molecular weight excluding hydrogens is 334 g/mol. The summed E-state index contributed by atoms with van der Waals surface area (Å²) in [7, 11) is 0. The zero-order chi connectivity index (χ0) is 15.2. The second-order valence-corrected chi connectivity index (χ2v) is 5.32. The Morgan fingerprint density at radius 3 is 2.81 bits per heavy atom. The van der Waals surface area contributed by atoms with Crippen molar-refractivity contribution in [2.75, 3.05) is 6.61 Å². The number of hydrogen-bond acceptors (Lipinski definition) is 3. The lowest BCUT2D eigenvalue weighted by Gasteiger charge is -2.07. The largest absolute Gasteiger partial charge is 0.481 e. The number of carboxylic acids is 1. The summed E-state index contributed by atoms with van der Waals surface area (Å²) in [6.45, 7) is 1.60. The van der Waals surface area contributed by atoms with Crippen molar-refractivity contribution >= 4 is 33.8 Å². The van der Waals surface area contributed by atoms with E-state index in [0.717, 1.165) is 15.7 Å². The van der Waals surface area contributed by atoms with Crippen LogP contribution < -0.4 is 4.74 Å². The monoisotopic (exact) mass is 347 g/mol. The summed E-state index contributed by atoms with van der Waals surface area (Å²) in [5.74, 6) is -0.530. The Morgan fingerprint density at radius 1 is 1.33 bits per heavy atom. The van der Waals surface area contributed by atoms with E-state index in [1.54, 1.807) is 18.3 Å². The number of aliphatic carboxylic acids is 1. The Morgan fingerprint density at radius 2 is 2.10 bits per heavy atom. The highest BCUT2D eigenvalue weighted by Crippen LogP contribution is 2.23. The van der Waals surface area contributed by atoms with E-state index in [-0.39, 0.29) is 6.61 Å². The summed E-state index contributed by atoms with van der Waals surface area (Å²) in [6, 6.07) is 13.1. The highest BCUT2D eigenvalue weighted by Gasteiger charge is 2.05. The molecule has 0 aliphatic rings. The molecule has 1 N–H and O–H groups in total. The van der Waals surface area contributed by atoms with Crippen LogP contribution in [-0.4, -0.2) is 23.9 Å². The van der Waals surface area contributed by atoms with E-state index < -0.39 is 5.97 Å². The van der Waals surface area contributed by atoms with E-state index in [1.807, 2.05) is 37.3 Å². The van der Waals surface area contributed by atoms with Gasteiger partial charge in [0.25, 0.3) is 0 Å². The molecule has 2 rings (SSSR count). The molecule has 2 aromatic rings. The fourth-order valence-corrected chi connectivity index (χ4v) is 2.12. The Labute approximate surface area is 131 Å². The first-order chi connectivity index (χ1) is 10.1. The Kier molecular flexibility index (Phi) is 5.11. The second-order valence-electron chi connectivity index (χ2n) is 4.41. The third-order valence-electron chi connectivity index (χ3n) is 2.78. The number of nitrogens with zero attached hydrogens (tertiary/aromatic N) is 1. The molecule has 0 atom stereocenters. The maximum atomic E-state index is 10.6. The minimum Gasteiger partial charge on any atom is -0.481 e. The molecule has 0 unspecified atom stereocenters. The van der Waals surface area contributed by atoms with E-state index in [0.29, 0.717) is 11.3 Å². The average molecular weight is 348 g/mol. The number of halogens is 1. The number of carboxylic acid groups (broad SMARTS) is 1. The molecule has 0 saturated heterocycles. The smallest absolute Gasteiger partial charge is 0.341 e. The van der Waals surface area contributed by atoms with Crippen molar-refractivity contribution in [2.24, 2.45) is 4.99 Å². The van der Waals surface area contributed by atoms with Crippen LogP contribution in [0.4, 0.5) is 5.69 Å². The molecule has 2 aromatic carbocycles. The van der Waals surface area contributed by atoms with Gasteiger partial charge in [-0.15, -0.1) is 0 Å². The Bertz CT molecular complexity index is 683. The Hall–Kier alpha value is -2.14. The van der Waals surface area contributed by atoms with E-state index in [1.165, 1.54) is 0 Å². The molecule has 0 amide bonds. The van der Waals surface area contributed by atoms with Crippen molar-refractivity contribution in [1.82, 2.24) is 0 Å². The van der Waals surface area contributed by atoms with Crippen LogP contribution in [0.1, 0.15) is 11.1 Å². The molecule has 0 bridgehead atoms. The molecular formula is C16H14BrNO3. The van der Waals surface area contributed by atoms with Gasteiger partial charge in [-0.2, -0.15) is 0 Å². The van der Waals surface area contributed by atoms with Crippen LogP contribution in [0.5, 0.6) is 5.75 Å². The highest BCUT2D eigenvalue weighted by molar-refractivity contribution is 9.10. The first-order valence-corrected chi connectivity index (χ1v) is 7.09.